The van der Waals surface area contributed by atoms with Gasteiger partial charge in [0.25, 0.3) is 0 Å². The number of hydrogen-bond acceptors (Lipinski definition) is 4. The Hall–Kier alpha value is -1.59. The van der Waals surface area contributed by atoms with E-state index in [2.05, 4.69) is 28.0 Å². The summed E-state index contributed by atoms with van der Waals surface area (Å²) in [6, 6.07) is 7.21. The van der Waals surface area contributed by atoms with E-state index in [1.807, 2.05) is 14.0 Å². The van der Waals surface area contributed by atoms with Crippen molar-refractivity contribution in [3.8, 4) is 5.75 Å². The zero-order chi connectivity index (χ0) is 18.3. The summed E-state index contributed by atoms with van der Waals surface area (Å²) < 4.78 is 5.73. The second kappa shape index (κ2) is 7.20. The minimum Gasteiger partial charge on any atom is -0.494 e. The summed E-state index contributed by atoms with van der Waals surface area (Å²) in [7, 11) is 1.98. The Bertz CT molecular complexity index is 673. The number of nitrogens with zero attached hydrogens (tertiary/aromatic N) is 2. The van der Waals surface area contributed by atoms with Crippen LogP contribution in [-0.4, -0.2) is 66.2 Å². The zero-order valence-corrected chi connectivity index (χ0v) is 15.9. The number of ether oxygens (including phenoxy) is 1. The molecule has 2 fully saturated rings. The molecule has 0 aromatic heterocycles. The molecule has 1 saturated carbocycles. The van der Waals surface area contributed by atoms with Crippen molar-refractivity contribution in [2.24, 2.45) is 5.92 Å². The summed E-state index contributed by atoms with van der Waals surface area (Å²) in [5.41, 5.74) is 2.80. The third kappa shape index (κ3) is 3.47. The molecule has 142 valence electrons. The Morgan fingerprint density at radius 3 is 2.85 bits per heavy atom. The molecule has 1 aliphatic heterocycles. The predicted octanol–water partition coefficient (Wildman–Crippen LogP) is 2.59. The van der Waals surface area contributed by atoms with Crippen LogP contribution in [0.2, 0.25) is 0 Å². The van der Waals surface area contributed by atoms with Crippen LogP contribution in [0.3, 0.4) is 0 Å². The van der Waals surface area contributed by atoms with Crippen molar-refractivity contribution in [1.82, 2.24) is 9.80 Å². The summed E-state index contributed by atoms with van der Waals surface area (Å²) in [6.07, 6.45) is 4.83. The number of likely N-dealkylation sites (N-methyl/N-ethyl adjacent to an activating group) is 1. The molecule has 4 rings (SSSR count). The highest BCUT2D eigenvalue weighted by molar-refractivity contribution is 5.69. The number of carboxylic acid groups (broad SMARTS) is 1. The number of rotatable bonds is 7. The molecule has 1 aromatic carbocycles. The number of benzene rings is 1. The highest BCUT2D eigenvalue weighted by atomic mass is 16.5. The molecule has 1 saturated heterocycles. The van der Waals surface area contributed by atoms with Crippen molar-refractivity contribution in [3.05, 3.63) is 29.3 Å². The second-order valence-corrected chi connectivity index (χ2v) is 8.20. The molecule has 5 nitrogen and oxygen atoms in total. The van der Waals surface area contributed by atoms with Crippen molar-refractivity contribution in [1.29, 1.82) is 0 Å². The van der Waals surface area contributed by atoms with Gasteiger partial charge in [-0.1, -0.05) is 6.07 Å². The lowest BCUT2D eigenvalue weighted by molar-refractivity contribution is -0.139. The summed E-state index contributed by atoms with van der Waals surface area (Å²) >= 11 is 0. The average molecular weight is 358 g/mol. The summed E-state index contributed by atoms with van der Waals surface area (Å²) in [6.45, 7) is 5.09. The molecule has 0 amide bonds. The minimum atomic E-state index is -0.742. The van der Waals surface area contributed by atoms with Gasteiger partial charge >= 0.3 is 5.97 Å². The fraction of sp³-hybridized carbons (Fsp3) is 0.667. The van der Waals surface area contributed by atoms with Gasteiger partial charge in [-0.15, -0.1) is 0 Å². The van der Waals surface area contributed by atoms with Crippen LogP contribution in [0.4, 0.5) is 0 Å². The fourth-order valence-corrected chi connectivity index (χ4v) is 5.08. The molecule has 1 aromatic rings. The van der Waals surface area contributed by atoms with Crippen molar-refractivity contribution in [2.45, 2.75) is 50.6 Å². The largest absolute Gasteiger partial charge is 0.494 e. The van der Waals surface area contributed by atoms with Gasteiger partial charge in [0.1, 0.15) is 5.75 Å². The van der Waals surface area contributed by atoms with Gasteiger partial charge in [0.05, 0.1) is 13.2 Å². The monoisotopic (exact) mass is 358 g/mol. The van der Waals surface area contributed by atoms with Gasteiger partial charge < -0.3 is 9.84 Å². The molecule has 1 N–H and O–H groups in total. The number of aliphatic carboxylic acids is 1. The maximum atomic E-state index is 11.4. The maximum absolute atomic E-state index is 11.4. The molecule has 26 heavy (non-hydrogen) atoms. The van der Waals surface area contributed by atoms with E-state index in [9.17, 15) is 9.90 Å². The van der Waals surface area contributed by atoms with E-state index in [4.69, 9.17) is 4.74 Å². The molecule has 3 aliphatic rings. The van der Waals surface area contributed by atoms with Gasteiger partial charge in [-0.3, -0.25) is 14.6 Å². The smallest absolute Gasteiger partial charge is 0.317 e. The first kappa shape index (κ1) is 17.8. The Labute approximate surface area is 155 Å². The molecule has 1 heterocycles. The highest BCUT2D eigenvalue weighted by Gasteiger charge is 2.46. The first-order valence-electron chi connectivity index (χ1n) is 9.98. The number of piperidine rings is 1. The predicted molar refractivity (Wildman–Crippen MR) is 101 cm³/mol. The van der Waals surface area contributed by atoms with Crippen molar-refractivity contribution < 1.29 is 14.6 Å². The molecule has 0 radical (unpaired) electrons. The lowest BCUT2D eigenvalue weighted by Crippen LogP contribution is -2.61. The lowest BCUT2D eigenvalue weighted by atomic mass is 9.71. The van der Waals surface area contributed by atoms with Crippen molar-refractivity contribution in [3.63, 3.8) is 0 Å². The lowest BCUT2D eigenvalue weighted by Gasteiger charge is -2.52. The number of carboxylic acids is 1. The number of carbonyl (C=O) groups is 1. The van der Waals surface area contributed by atoms with E-state index in [0.29, 0.717) is 18.6 Å². The van der Waals surface area contributed by atoms with E-state index < -0.39 is 5.97 Å². The molecule has 3 unspecified atom stereocenters. The number of likely N-dealkylation sites (tertiary alicyclic amines) is 1. The minimum absolute atomic E-state index is 0.107. The molecule has 2 aliphatic carbocycles. The van der Waals surface area contributed by atoms with Crippen LogP contribution in [0.15, 0.2) is 18.2 Å². The Balaban J connectivity index is 1.66. The van der Waals surface area contributed by atoms with E-state index in [1.54, 1.807) is 0 Å². The quantitative estimate of drug-likeness (QED) is 0.812. The molecular weight excluding hydrogens is 328 g/mol. The number of hydrogen-bond donors (Lipinski definition) is 1. The highest BCUT2D eigenvalue weighted by Crippen LogP contribution is 2.44. The van der Waals surface area contributed by atoms with Crippen LogP contribution >= 0.6 is 0 Å². The van der Waals surface area contributed by atoms with Crippen LogP contribution < -0.4 is 4.74 Å². The van der Waals surface area contributed by atoms with Gasteiger partial charge in [0.15, 0.2) is 0 Å². The fourth-order valence-electron chi connectivity index (χ4n) is 5.08. The molecule has 3 atom stereocenters. The van der Waals surface area contributed by atoms with E-state index in [0.717, 1.165) is 31.1 Å². The standard InChI is InChI=1S/C21H30N2O3/c1-3-26-16-7-6-15-10-19-21(22(2)13-20(24)25)17(18(15)11-16)8-9-23(19)12-14-4-5-14/h6-7,11,14,17,19,21H,3-5,8-10,12-13H2,1-2H3,(H,24,25). The second-order valence-electron chi connectivity index (χ2n) is 8.20. The Morgan fingerprint density at radius 1 is 1.35 bits per heavy atom. The van der Waals surface area contributed by atoms with Gasteiger partial charge in [-0.2, -0.15) is 0 Å². The Morgan fingerprint density at radius 2 is 2.15 bits per heavy atom. The topological polar surface area (TPSA) is 53.0 Å². The molecule has 5 heteroatoms. The first-order valence-corrected chi connectivity index (χ1v) is 9.98. The van der Waals surface area contributed by atoms with Crippen LogP contribution in [0, 0.1) is 5.92 Å². The summed E-state index contributed by atoms with van der Waals surface area (Å²) in [5.74, 6) is 1.44. The molecule has 0 spiro atoms. The molecule has 2 bridgehead atoms. The van der Waals surface area contributed by atoms with E-state index >= 15 is 0 Å². The Kier molecular flexibility index (Phi) is 4.93. The van der Waals surface area contributed by atoms with Crippen LogP contribution in [0.5, 0.6) is 5.75 Å². The van der Waals surface area contributed by atoms with Crippen molar-refractivity contribution >= 4 is 5.97 Å². The molecular formula is C21H30N2O3. The first-order chi connectivity index (χ1) is 12.6. The summed E-state index contributed by atoms with van der Waals surface area (Å²) in [4.78, 5) is 16.1. The normalized spacial score (nSPS) is 28.0. The van der Waals surface area contributed by atoms with E-state index in [1.165, 1.54) is 30.5 Å². The summed E-state index contributed by atoms with van der Waals surface area (Å²) in [5, 5.41) is 9.33. The van der Waals surface area contributed by atoms with Crippen LogP contribution in [-0.2, 0) is 11.2 Å². The van der Waals surface area contributed by atoms with Crippen molar-refractivity contribution in [2.75, 3.05) is 33.3 Å². The third-order valence-electron chi connectivity index (χ3n) is 6.34. The third-order valence-corrected chi connectivity index (χ3v) is 6.34. The zero-order valence-electron chi connectivity index (χ0n) is 15.9. The average Bonchev–Trinajstić information content (AvgIpc) is 3.41. The van der Waals surface area contributed by atoms with Gasteiger partial charge in [0, 0.05) is 24.5 Å². The van der Waals surface area contributed by atoms with Crippen LogP contribution in [0.1, 0.15) is 43.2 Å². The van der Waals surface area contributed by atoms with E-state index in [-0.39, 0.29) is 12.6 Å². The number of fused-ring (bicyclic) bond motifs is 4. The van der Waals surface area contributed by atoms with Gasteiger partial charge in [-0.25, -0.2) is 0 Å². The van der Waals surface area contributed by atoms with Gasteiger partial charge in [-0.05, 0) is 75.4 Å². The maximum Gasteiger partial charge on any atom is 0.317 e. The SMILES string of the molecule is CCOc1ccc2c(c1)C1CCN(CC3CC3)C(C2)C1N(C)CC(=O)O. The van der Waals surface area contributed by atoms with Crippen LogP contribution in [0.25, 0.3) is 0 Å². The van der Waals surface area contributed by atoms with Gasteiger partial charge in [0.2, 0.25) is 0 Å².